The Hall–Kier alpha value is -1.32. The van der Waals surface area contributed by atoms with Crippen LogP contribution in [0.3, 0.4) is 0 Å². The van der Waals surface area contributed by atoms with Crippen LogP contribution in [0, 0.1) is 5.92 Å². The molecule has 0 aromatic heterocycles. The fourth-order valence-electron chi connectivity index (χ4n) is 1.35. The molecule has 2 unspecified atom stereocenters. The highest BCUT2D eigenvalue weighted by molar-refractivity contribution is 5.80. The van der Waals surface area contributed by atoms with E-state index >= 15 is 0 Å². The zero-order valence-electron chi connectivity index (χ0n) is 9.40. The molecule has 0 aromatic rings. The molecule has 0 aromatic carbocycles. The van der Waals surface area contributed by atoms with Crippen molar-refractivity contribution in [2.45, 2.75) is 32.9 Å². The molecule has 84 valence electrons. The molecular weight excluding hydrogens is 194 g/mol. The van der Waals surface area contributed by atoms with Crippen molar-refractivity contribution in [3.63, 3.8) is 0 Å². The van der Waals surface area contributed by atoms with Crippen LogP contribution in [0.1, 0.15) is 20.8 Å². The summed E-state index contributed by atoms with van der Waals surface area (Å²) in [6.07, 6.45) is 0.934. The lowest BCUT2D eigenvalue weighted by molar-refractivity contribution is -0.145. The van der Waals surface area contributed by atoms with Crippen LogP contribution in [0.25, 0.3) is 0 Å². The second kappa shape index (κ2) is 4.96. The van der Waals surface area contributed by atoms with Gasteiger partial charge in [0.2, 0.25) is 0 Å². The Morgan fingerprint density at radius 1 is 1.67 bits per heavy atom. The lowest BCUT2D eigenvalue weighted by atomic mass is 9.95. The standard InChI is InChI=1S/C11H17NO3/c1-5-14-11(13)9-10(15-6-12-9)8(4)7(2)3/h6-7,9-10H,4-5H2,1-3H3. The van der Waals surface area contributed by atoms with Crippen LogP contribution in [0.5, 0.6) is 0 Å². The number of hydrogen-bond donors (Lipinski definition) is 0. The van der Waals surface area contributed by atoms with Crippen molar-refractivity contribution in [3.8, 4) is 0 Å². The lowest BCUT2D eigenvalue weighted by Gasteiger charge is -2.20. The Morgan fingerprint density at radius 2 is 2.33 bits per heavy atom. The van der Waals surface area contributed by atoms with Gasteiger partial charge in [0.15, 0.2) is 18.5 Å². The van der Waals surface area contributed by atoms with Crippen molar-refractivity contribution in [2.24, 2.45) is 10.9 Å². The molecule has 0 radical (unpaired) electrons. The minimum atomic E-state index is -0.583. The smallest absolute Gasteiger partial charge is 0.335 e. The zero-order chi connectivity index (χ0) is 11.4. The van der Waals surface area contributed by atoms with Gasteiger partial charge in [-0.2, -0.15) is 0 Å². The van der Waals surface area contributed by atoms with Crippen molar-refractivity contribution in [1.29, 1.82) is 0 Å². The van der Waals surface area contributed by atoms with Gasteiger partial charge < -0.3 is 9.47 Å². The lowest BCUT2D eigenvalue weighted by Crippen LogP contribution is -2.34. The van der Waals surface area contributed by atoms with Gasteiger partial charge in [0.25, 0.3) is 0 Å². The zero-order valence-corrected chi connectivity index (χ0v) is 9.40. The molecule has 0 bridgehead atoms. The third-order valence-corrected chi connectivity index (χ3v) is 2.35. The molecule has 0 saturated carbocycles. The van der Waals surface area contributed by atoms with Gasteiger partial charge in [-0.15, -0.1) is 0 Å². The van der Waals surface area contributed by atoms with Gasteiger partial charge in [0.1, 0.15) is 0 Å². The number of carbonyl (C=O) groups excluding carboxylic acids is 1. The minimum Gasteiger partial charge on any atom is -0.473 e. The van der Waals surface area contributed by atoms with Crippen molar-refractivity contribution in [3.05, 3.63) is 12.2 Å². The normalized spacial score (nSPS) is 24.0. The average molecular weight is 211 g/mol. The van der Waals surface area contributed by atoms with Crippen molar-refractivity contribution in [1.82, 2.24) is 0 Å². The van der Waals surface area contributed by atoms with Gasteiger partial charge in [0.05, 0.1) is 6.61 Å². The molecule has 1 aliphatic heterocycles. The Bertz CT molecular complexity index is 284. The average Bonchev–Trinajstić information content (AvgIpc) is 2.65. The Morgan fingerprint density at radius 3 is 2.87 bits per heavy atom. The van der Waals surface area contributed by atoms with E-state index in [0.29, 0.717) is 6.61 Å². The highest BCUT2D eigenvalue weighted by atomic mass is 16.5. The van der Waals surface area contributed by atoms with Crippen LogP contribution in [-0.2, 0) is 14.3 Å². The molecule has 1 aliphatic rings. The molecular formula is C11H17NO3. The number of carbonyl (C=O) groups is 1. The predicted molar refractivity (Wildman–Crippen MR) is 57.8 cm³/mol. The molecule has 2 atom stereocenters. The maximum atomic E-state index is 11.5. The van der Waals surface area contributed by atoms with E-state index < -0.39 is 6.04 Å². The Kier molecular flexibility index (Phi) is 3.88. The van der Waals surface area contributed by atoms with Gasteiger partial charge in [-0.25, -0.2) is 9.79 Å². The predicted octanol–water partition coefficient (Wildman–Crippen LogP) is 1.56. The molecule has 0 amide bonds. The third kappa shape index (κ3) is 2.58. The maximum absolute atomic E-state index is 11.5. The molecule has 0 aliphatic carbocycles. The van der Waals surface area contributed by atoms with Gasteiger partial charge in [0, 0.05) is 0 Å². The quantitative estimate of drug-likeness (QED) is 0.523. The van der Waals surface area contributed by atoms with Crippen LogP contribution in [0.4, 0.5) is 0 Å². The monoisotopic (exact) mass is 211 g/mol. The summed E-state index contributed by atoms with van der Waals surface area (Å²) in [6, 6.07) is -0.583. The number of aliphatic imine (C=N–C) groups is 1. The van der Waals surface area contributed by atoms with E-state index in [1.165, 1.54) is 6.40 Å². The van der Waals surface area contributed by atoms with Gasteiger partial charge in [-0.1, -0.05) is 20.4 Å². The highest BCUT2D eigenvalue weighted by Crippen LogP contribution is 2.23. The van der Waals surface area contributed by atoms with E-state index in [1.807, 2.05) is 13.8 Å². The first-order chi connectivity index (χ1) is 7.07. The first-order valence-electron chi connectivity index (χ1n) is 5.10. The molecule has 4 nitrogen and oxygen atoms in total. The molecule has 15 heavy (non-hydrogen) atoms. The number of rotatable bonds is 4. The second-order valence-electron chi connectivity index (χ2n) is 3.74. The molecule has 0 spiro atoms. The van der Waals surface area contributed by atoms with Crippen LogP contribution in [0.2, 0.25) is 0 Å². The minimum absolute atomic E-state index is 0.258. The maximum Gasteiger partial charge on any atom is 0.335 e. The molecule has 1 rings (SSSR count). The molecule has 4 heteroatoms. The number of nitrogens with zero attached hydrogens (tertiary/aromatic N) is 1. The number of esters is 1. The molecule has 1 heterocycles. The summed E-state index contributed by atoms with van der Waals surface area (Å²) in [4.78, 5) is 15.5. The van der Waals surface area contributed by atoms with Crippen molar-refractivity contribution >= 4 is 12.4 Å². The van der Waals surface area contributed by atoms with Gasteiger partial charge >= 0.3 is 5.97 Å². The fraction of sp³-hybridized carbons (Fsp3) is 0.636. The van der Waals surface area contributed by atoms with E-state index in [9.17, 15) is 4.79 Å². The topological polar surface area (TPSA) is 47.9 Å². The first-order valence-corrected chi connectivity index (χ1v) is 5.10. The van der Waals surface area contributed by atoms with Gasteiger partial charge in [-0.05, 0) is 18.4 Å². The summed E-state index contributed by atoms with van der Waals surface area (Å²) in [5.41, 5.74) is 0.866. The fourth-order valence-corrected chi connectivity index (χ4v) is 1.35. The van der Waals surface area contributed by atoms with Crippen LogP contribution < -0.4 is 0 Å². The summed E-state index contributed by atoms with van der Waals surface area (Å²) >= 11 is 0. The molecule has 0 saturated heterocycles. The Labute approximate surface area is 90.0 Å². The van der Waals surface area contributed by atoms with Crippen molar-refractivity contribution in [2.75, 3.05) is 6.61 Å². The van der Waals surface area contributed by atoms with Crippen LogP contribution in [0.15, 0.2) is 17.1 Å². The SMILES string of the molecule is C=C(C(C)C)C1OC=NC1C(=O)OCC. The van der Waals surface area contributed by atoms with E-state index in [-0.39, 0.29) is 18.0 Å². The highest BCUT2D eigenvalue weighted by Gasteiger charge is 2.36. The summed E-state index contributed by atoms with van der Waals surface area (Å²) in [5, 5.41) is 0. The summed E-state index contributed by atoms with van der Waals surface area (Å²) in [5.74, 6) is -0.0910. The van der Waals surface area contributed by atoms with Crippen molar-refractivity contribution < 1.29 is 14.3 Å². The largest absolute Gasteiger partial charge is 0.473 e. The van der Waals surface area contributed by atoms with E-state index in [2.05, 4.69) is 11.6 Å². The molecule has 0 N–H and O–H groups in total. The van der Waals surface area contributed by atoms with E-state index in [1.54, 1.807) is 6.92 Å². The molecule has 0 fully saturated rings. The summed E-state index contributed by atoms with van der Waals surface area (Å²) in [6.45, 7) is 10.0. The summed E-state index contributed by atoms with van der Waals surface area (Å²) < 4.78 is 10.2. The van der Waals surface area contributed by atoms with Crippen LogP contribution in [-0.4, -0.2) is 31.1 Å². The van der Waals surface area contributed by atoms with E-state index in [4.69, 9.17) is 9.47 Å². The van der Waals surface area contributed by atoms with Crippen LogP contribution >= 0.6 is 0 Å². The van der Waals surface area contributed by atoms with E-state index in [0.717, 1.165) is 5.57 Å². The Balaban J connectivity index is 2.67. The number of hydrogen-bond acceptors (Lipinski definition) is 4. The first kappa shape index (κ1) is 11.8. The third-order valence-electron chi connectivity index (χ3n) is 2.35. The summed E-state index contributed by atoms with van der Waals surface area (Å²) in [7, 11) is 0. The van der Waals surface area contributed by atoms with Gasteiger partial charge in [-0.3, -0.25) is 0 Å². The second-order valence-corrected chi connectivity index (χ2v) is 3.74. The number of ether oxygens (including phenoxy) is 2.